The summed E-state index contributed by atoms with van der Waals surface area (Å²) in [5.41, 5.74) is 0.248. The first-order valence-corrected chi connectivity index (χ1v) is 7.46. The van der Waals surface area contributed by atoms with Gasteiger partial charge in [-0.05, 0) is 13.8 Å². The number of fused-ring (bicyclic) bond motifs is 1. The number of nitrogens with one attached hydrogen (secondary N) is 3. The Bertz CT molecular complexity index is 607. The summed E-state index contributed by atoms with van der Waals surface area (Å²) in [7, 11) is 0. The minimum absolute atomic E-state index is 0.0642. The molecule has 3 N–H and O–H groups in total. The van der Waals surface area contributed by atoms with Gasteiger partial charge in [0.15, 0.2) is 17.5 Å². The molecule has 9 heteroatoms. The van der Waals surface area contributed by atoms with Crippen molar-refractivity contribution in [2.24, 2.45) is 4.99 Å². The standard InChI is InChI=1S/C13H16Cl2N4O3/c1-3-16-12(17-4-2)19-13(20)18-10-7(14)5-8-11(9(10)15)22-6-21-8/h5H,3-4,6H2,1-2H3,(H3,16,17,18,19,20). The van der Waals surface area contributed by atoms with Crippen LogP contribution in [0.15, 0.2) is 11.1 Å². The Hall–Kier alpha value is -1.86. The number of ether oxygens (including phenoxy) is 2. The highest BCUT2D eigenvalue weighted by molar-refractivity contribution is 6.41. The molecule has 0 saturated carbocycles. The normalized spacial score (nSPS) is 13.0. The highest BCUT2D eigenvalue weighted by Crippen LogP contribution is 2.47. The number of urea groups is 1. The lowest BCUT2D eigenvalue weighted by molar-refractivity contribution is 0.174. The molecule has 2 rings (SSSR count). The maximum atomic E-state index is 12.0. The Morgan fingerprint density at radius 2 is 2.14 bits per heavy atom. The van der Waals surface area contributed by atoms with Crippen molar-refractivity contribution < 1.29 is 14.3 Å². The van der Waals surface area contributed by atoms with Crippen LogP contribution in [0, 0.1) is 0 Å². The Morgan fingerprint density at radius 1 is 1.36 bits per heavy atom. The van der Waals surface area contributed by atoms with Crippen molar-refractivity contribution in [2.75, 3.05) is 25.2 Å². The zero-order valence-electron chi connectivity index (χ0n) is 12.1. The number of amides is 2. The van der Waals surface area contributed by atoms with Gasteiger partial charge in [0.05, 0.1) is 10.7 Å². The van der Waals surface area contributed by atoms with Crippen LogP contribution in [-0.2, 0) is 0 Å². The number of benzene rings is 1. The summed E-state index contributed by atoms with van der Waals surface area (Å²) in [4.78, 5) is 16.2. The van der Waals surface area contributed by atoms with E-state index in [2.05, 4.69) is 20.9 Å². The zero-order chi connectivity index (χ0) is 16.1. The molecule has 0 bridgehead atoms. The summed E-state index contributed by atoms with van der Waals surface area (Å²) < 4.78 is 10.4. The number of hydrogen-bond donors (Lipinski definition) is 3. The molecule has 120 valence electrons. The molecule has 1 aromatic rings. The third kappa shape index (κ3) is 3.66. The molecule has 0 aliphatic carbocycles. The number of carbonyl (C=O) groups excluding carboxylic acids is 1. The predicted molar refractivity (Wildman–Crippen MR) is 86.4 cm³/mol. The van der Waals surface area contributed by atoms with Gasteiger partial charge in [-0.15, -0.1) is 0 Å². The molecular weight excluding hydrogens is 331 g/mol. The topological polar surface area (TPSA) is 84.0 Å². The second-order valence-corrected chi connectivity index (χ2v) is 5.00. The fourth-order valence-corrected chi connectivity index (χ4v) is 2.39. The second kappa shape index (κ2) is 7.42. The molecule has 2 amide bonds. The number of nitrogens with zero attached hydrogens (tertiary/aromatic N) is 1. The van der Waals surface area contributed by atoms with E-state index in [-0.39, 0.29) is 22.5 Å². The van der Waals surface area contributed by atoms with Crippen LogP contribution < -0.4 is 25.4 Å². The van der Waals surface area contributed by atoms with E-state index in [1.54, 1.807) is 0 Å². The highest BCUT2D eigenvalue weighted by atomic mass is 35.5. The molecule has 1 aliphatic heterocycles. The van der Waals surface area contributed by atoms with Gasteiger partial charge in [-0.3, -0.25) is 10.3 Å². The SMILES string of the molecule is CCN=C(NCC)NC(=O)Nc1c(Cl)cc2c(c1Cl)OCO2. The molecule has 0 spiro atoms. The first-order valence-electron chi connectivity index (χ1n) is 6.70. The zero-order valence-corrected chi connectivity index (χ0v) is 13.6. The fraction of sp³-hybridized carbons (Fsp3) is 0.385. The third-order valence-corrected chi connectivity index (χ3v) is 3.35. The van der Waals surface area contributed by atoms with Gasteiger partial charge in [-0.2, -0.15) is 0 Å². The molecule has 0 saturated heterocycles. The van der Waals surface area contributed by atoms with E-state index in [1.807, 2.05) is 13.8 Å². The number of halogens is 2. The second-order valence-electron chi connectivity index (χ2n) is 4.21. The average Bonchev–Trinajstić information content (AvgIpc) is 2.92. The molecule has 7 nitrogen and oxygen atoms in total. The fourth-order valence-electron chi connectivity index (χ4n) is 1.81. The summed E-state index contributed by atoms with van der Waals surface area (Å²) in [6, 6.07) is 1.02. The monoisotopic (exact) mass is 346 g/mol. The van der Waals surface area contributed by atoms with E-state index in [0.29, 0.717) is 30.5 Å². The van der Waals surface area contributed by atoms with Gasteiger partial charge in [0.2, 0.25) is 6.79 Å². The Kier molecular flexibility index (Phi) is 5.57. The number of rotatable bonds is 3. The molecule has 0 atom stereocenters. The lowest BCUT2D eigenvalue weighted by Gasteiger charge is -2.13. The molecule has 1 aromatic carbocycles. The van der Waals surface area contributed by atoms with Crippen LogP contribution in [0.4, 0.5) is 10.5 Å². The average molecular weight is 347 g/mol. The minimum Gasteiger partial charge on any atom is -0.453 e. The number of hydrogen-bond acceptors (Lipinski definition) is 4. The number of anilines is 1. The van der Waals surface area contributed by atoms with E-state index in [9.17, 15) is 4.79 Å². The van der Waals surface area contributed by atoms with Crippen molar-refractivity contribution in [2.45, 2.75) is 13.8 Å². The summed E-state index contributed by atoms with van der Waals surface area (Å²) in [6.45, 7) is 4.99. The molecule has 0 fully saturated rings. The summed E-state index contributed by atoms with van der Waals surface area (Å²) in [5, 5.41) is 8.55. The van der Waals surface area contributed by atoms with Crippen LogP contribution in [0.5, 0.6) is 11.5 Å². The van der Waals surface area contributed by atoms with E-state index in [4.69, 9.17) is 32.7 Å². The van der Waals surface area contributed by atoms with E-state index >= 15 is 0 Å². The molecule has 0 aromatic heterocycles. The van der Waals surface area contributed by atoms with Gasteiger partial charge in [-0.25, -0.2) is 4.79 Å². The van der Waals surface area contributed by atoms with Crippen molar-refractivity contribution in [3.05, 3.63) is 16.1 Å². The third-order valence-electron chi connectivity index (χ3n) is 2.69. The summed E-state index contributed by atoms with van der Waals surface area (Å²) >= 11 is 12.3. The lowest BCUT2D eigenvalue weighted by Crippen LogP contribution is -2.43. The molecule has 0 radical (unpaired) electrons. The van der Waals surface area contributed by atoms with Crippen molar-refractivity contribution in [1.29, 1.82) is 0 Å². The van der Waals surface area contributed by atoms with Crippen molar-refractivity contribution in [1.82, 2.24) is 10.6 Å². The van der Waals surface area contributed by atoms with Crippen molar-refractivity contribution in [3.8, 4) is 11.5 Å². The van der Waals surface area contributed by atoms with E-state index in [0.717, 1.165) is 0 Å². The maximum absolute atomic E-state index is 12.0. The van der Waals surface area contributed by atoms with Gasteiger partial charge >= 0.3 is 6.03 Å². The largest absolute Gasteiger partial charge is 0.453 e. The van der Waals surface area contributed by atoms with Crippen LogP contribution in [0.3, 0.4) is 0 Å². The predicted octanol–water partition coefficient (Wildman–Crippen LogP) is 2.83. The molecule has 1 heterocycles. The van der Waals surface area contributed by atoms with Crippen LogP contribution in [0.25, 0.3) is 0 Å². The van der Waals surface area contributed by atoms with Gasteiger partial charge in [-0.1, -0.05) is 23.2 Å². The van der Waals surface area contributed by atoms with Crippen LogP contribution in [0.1, 0.15) is 13.8 Å². The smallest absolute Gasteiger partial charge is 0.326 e. The molecule has 0 unspecified atom stereocenters. The van der Waals surface area contributed by atoms with Crippen LogP contribution in [-0.4, -0.2) is 31.9 Å². The quantitative estimate of drug-likeness (QED) is 0.580. The van der Waals surface area contributed by atoms with Crippen LogP contribution in [0.2, 0.25) is 10.0 Å². The summed E-state index contributed by atoms with van der Waals surface area (Å²) in [5.74, 6) is 1.17. The number of guanidine groups is 1. The first-order chi connectivity index (χ1) is 10.6. The lowest BCUT2D eigenvalue weighted by atomic mass is 10.2. The first kappa shape index (κ1) is 16.5. The minimum atomic E-state index is -0.518. The van der Waals surface area contributed by atoms with E-state index < -0.39 is 6.03 Å². The Labute approximate surface area is 138 Å². The van der Waals surface area contributed by atoms with Crippen LogP contribution >= 0.6 is 23.2 Å². The van der Waals surface area contributed by atoms with Gasteiger partial charge in [0, 0.05) is 19.2 Å². The van der Waals surface area contributed by atoms with Gasteiger partial charge < -0.3 is 20.1 Å². The Morgan fingerprint density at radius 3 is 2.82 bits per heavy atom. The van der Waals surface area contributed by atoms with Gasteiger partial charge in [0.25, 0.3) is 0 Å². The Balaban J connectivity index is 2.14. The highest BCUT2D eigenvalue weighted by Gasteiger charge is 2.24. The van der Waals surface area contributed by atoms with Crippen molar-refractivity contribution >= 4 is 40.9 Å². The van der Waals surface area contributed by atoms with E-state index in [1.165, 1.54) is 6.07 Å². The number of carbonyl (C=O) groups is 1. The maximum Gasteiger partial charge on any atom is 0.326 e. The molecular formula is C13H16Cl2N4O3. The number of aliphatic imine (C=N–C) groups is 1. The summed E-state index contributed by atoms with van der Waals surface area (Å²) in [6.07, 6.45) is 0. The molecule has 1 aliphatic rings. The van der Waals surface area contributed by atoms with Gasteiger partial charge in [0.1, 0.15) is 5.02 Å². The van der Waals surface area contributed by atoms with Crippen molar-refractivity contribution in [3.63, 3.8) is 0 Å². The molecule has 22 heavy (non-hydrogen) atoms.